The van der Waals surface area contributed by atoms with Gasteiger partial charge in [-0.25, -0.2) is 0 Å². The van der Waals surface area contributed by atoms with Crippen LogP contribution in [0.5, 0.6) is 0 Å². The Balaban J connectivity index is 4.39. The molecule has 1 unspecified atom stereocenters. The van der Waals surface area contributed by atoms with Crippen molar-refractivity contribution < 1.29 is 15.0 Å². The van der Waals surface area contributed by atoms with E-state index in [2.05, 4.69) is 5.32 Å². The molecule has 4 heteroatoms. The van der Waals surface area contributed by atoms with Gasteiger partial charge in [-0.05, 0) is 32.5 Å². The summed E-state index contributed by atoms with van der Waals surface area (Å²) in [5.74, 6) is -0.110. The molecule has 0 spiro atoms. The molecule has 0 amide bonds. The van der Waals surface area contributed by atoms with E-state index in [4.69, 9.17) is 5.11 Å². The van der Waals surface area contributed by atoms with E-state index in [1.165, 1.54) is 13.0 Å². The van der Waals surface area contributed by atoms with E-state index < -0.39 is 12.2 Å². The molecular weight excluding hydrogens is 182 g/mol. The van der Waals surface area contributed by atoms with E-state index in [1.807, 2.05) is 0 Å². The molecule has 0 aromatic rings. The largest absolute Gasteiger partial charge is 0.393 e. The second-order valence-corrected chi connectivity index (χ2v) is 3.43. The molecule has 4 nitrogen and oxygen atoms in total. The zero-order valence-electron chi connectivity index (χ0n) is 8.95. The number of Topliss-reactive ketones (excluding diaryl/α,β-unsaturated/α-hetero) is 1. The minimum atomic E-state index is -0.683. The van der Waals surface area contributed by atoms with Crippen molar-refractivity contribution in [1.82, 2.24) is 5.32 Å². The smallest absolute Gasteiger partial charge is 0.155 e. The molecule has 3 N–H and O–H groups in total. The van der Waals surface area contributed by atoms with Crippen LogP contribution in [-0.2, 0) is 4.79 Å². The van der Waals surface area contributed by atoms with E-state index in [-0.39, 0.29) is 12.2 Å². The Hall–Kier alpha value is -0.710. The maximum Gasteiger partial charge on any atom is 0.155 e. The van der Waals surface area contributed by atoms with Gasteiger partial charge < -0.3 is 15.5 Å². The SMILES string of the molecule is CNC[C@H](O)/C=C(\CC(C)O)C(C)=O. The van der Waals surface area contributed by atoms with Gasteiger partial charge in [-0.2, -0.15) is 0 Å². The average molecular weight is 201 g/mol. The quantitative estimate of drug-likeness (QED) is 0.523. The number of likely N-dealkylation sites (N-methyl/N-ethyl adjacent to an activating group) is 1. The molecule has 0 aromatic heterocycles. The van der Waals surface area contributed by atoms with Gasteiger partial charge in [0.25, 0.3) is 0 Å². The molecule has 82 valence electrons. The van der Waals surface area contributed by atoms with E-state index >= 15 is 0 Å². The van der Waals surface area contributed by atoms with Crippen LogP contribution in [0.1, 0.15) is 20.3 Å². The van der Waals surface area contributed by atoms with Crippen LogP contribution in [0.25, 0.3) is 0 Å². The third-order valence-corrected chi connectivity index (χ3v) is 1.77. The second kappa shape index (κ2) is 6.70. The Bertz CT molecular complexity index is 211. The van der Waals surface area contributed by atoms with E-state index in [0.717, 1.165) is 0 Å². The van der Waals surface area contributed by atoms with Gasteiger partial charge in [0.2, 0.25) is 0 Å². The summed E-state index contributed by atoms with van der Waals surface area (Å²) in [6, 6.07) is 0. The van der Waals surface area contributed by atoms with Crippen LogP contribution in [0.2, 0.25) is 0 Å². The molecule has 0 rings (SSSR count). The van der Waals surface area contributed by atoms with Gasteiger partial charge in [0.05, 0.1) is 12.2 Å². The van der Waals surface area contributed by atoms with Gasteiger partial charge in [0, 0.05) is 13.0 Å². The van der Waals surface area contributed by atoms with Crippen molar-refractivity contribution in [3.63, 3.8) is 0 Å². The van der Waals surface area contributed by atoms with Gasteiger partial charge in [0.1, 0.15) is 0 Å². The van der Waals surface area contributed by atoms with E-state index in [1.54, 1.807) is 14.0 Å². The fraction of sp³-hybridized carbons (Fsp3) is 0.700. The first-order chi connectivity index (χ1) is 6.47. The first-order valence-corrected chi connectivity index (χ1v) is 4.69. The molecule has 0 aliphatic rings. The highest BCUT2D eigenvalue weighted by molar-refractivity contribution is 5.93. The zero-order valence-corrected chi connectivity index (χ0v) is 8.95. The number of ketones is 1. The fourth-order valence-electron chi connectivity index (χ4n) is 1.15. The van der Waals surface area contributed by atoms with Crippen molar-refractivity contribution in [2.24, 2.45) is 0 Å². The number of carbonyl (C=O) groups excluding carboxylic acids is 1. The van der Waals surface area contributed by atoms with E-state index in [0.29, 0.717) is 12.1 Å². The lowest BCUT2D eigenvalue weighted by Gasteiger charge is -2.09. The zero-order chi connectivity index (χ0) is 11.1. The summed E-state index contributed by atoms with van der Waals surface area (Å²) in [6.07, 6.45) is 0.534. The average Bonchev–Trinajstić information content (AvgIpc) is 2.02. The summed E-state index contributed by atoms with van der Waals surface area (Å²) >= 11 is 0. The van der Waals surface area contributed by atoms with Crippen LogP contribution < -0.4 is 5.32 Å². The predicted molar refractivity (Wildman–Crippen MR) is 55.0 cm³/mol. The van der Waals surface area contributed by atoms with Crippen LogP contribution in [0, 0.1) is 0 Å². The second-order valence-electron chi connectivity index (χ2n) is 3.43. The summed E-state index contributed by atoms with van der Waals surface area (Å²) in [5, 5.41) is 21.3. The molecule has 2 atom stereocenters. The Morgan fingerprint density at radius 1 is 1.50 bits per heavy atom. The number of rotatable bonds is 6. The van der Waals surface area contributed by atoms with Crippen LogP contribution in [-0.4, -0.2) is 41.8 Å². The van der Waals surface area contributed by atoms with Crippen LogP contribution in [0.15, 0.2) is 11.6 Å². The molecule has 0 bridgehead atoms. The monoisotopic (exact) mass is 201 g/mol. The molecule has 14 heavy (non-hydrogen) atoms. The Labute approximate surface area is 84.6 Å². The lowest BCUT2D eigenvalue weighted by atomic mass is 10.0. The van der Waals surface area contributed by atoms with Crippen molar-refractivity contribution in [3.8, 4) is 0 Å². The molecule has 0 saturated heterocycles. The fourth-order valence-corrected chi connectivity index (χ4v) is 1.15. The van der Waals surface area contributed by atoms with Gasteiger partial charge in [-0.15, -0.1) is 0 Å². The number of hydrogen-bond donors (Lipinski definition) is 3. The number of hydrogen-bond acceptors (Lipinski definition) is 4. The van der Waals surface area contributed by atoms with Crippen molar-refractivity contribution in [3.05, 3.63) is 11.6 Å². The van der Waals surface area contributed by atoms with E-state index in [9.17, 15) is 9.90 Å². The number of aliphatic hydroxyl groups is 2. The van der Waals surface area contributed by atoms with Crippen molar-refractivity contribution in [2.45, 2.75) is 32.5 Å². The molecule has 0 aliphatic heterocycles. The first kappa shape index (κ1) is 13.3. The van der Waals surface area contributed by atoms with Crippen molar-refractivity contribution >= 4 is 5.78 Å². The van der Waals surface area contributed by atoms with Gasteiger partial charge in [-0.3, -0.25) is 4.79 Å². The van der Waals surface area contributed by atoms with Crippen LogP contribution in [0.3, 0.4) is 0 Å². The predicted octanol–water partition coefficient (Wildman–Crippen LogP) is -0.147. The maximum absolute atomic E-state index is 11.1. The highest BCUT2D eigenvalue weighted by atomic mass is 16.3. The molecule has 0 aliphatic carbocycles. The van der Waals surface area contributed by atoms with Gasteiger partial charge in [-0.1, -0.05) is 0 Å². The standard InChI is InChI=1S/C10H19NO3/c1-7(12)4-9(8(2)13)5-10(14)6-11-3/h5,7,10-12,14H,4,6H2,1-3H3/b9-5+/t7?,10-/m1/s1. The lowest BCUT2D eigenvalue weighted by Crippen LogP contribution is -2.22. The summed E-state index contributed by atoms with van der Waals surface area (Å²) < 4.78 is 0. The minimum absolute atomic E-state index is 0.110. The van der Waals surface area contributed by atoms with Crippen molar-refractivity contribution in [2.75, 3.05) is 13.6 Å². The molecule has 0 aromatic carbocycles. The molecule has 0 fully saturated rings. The lowest BCUT2D eigenvalue weighted by molar-refractivity contribution is -0.114. The minimum Gasteiger partial charge on any atom is -0.393 e. The van der Waals surface area contributed by atoms with Gasteiger partial charge in [0.15, 0.2) is 5.78 Å². The third kappa shape index (κ3) is 5.85. The molecule has 0 radical (unpaired) electrons. The first-order valence-electron chi connectivity index (χ1n) is 4.69. The van der Waals surface area contributed by atoms with Crippen LogP contribution >= 0.6 is 0 Å². The molecule has 0 heterocycles. The normalized spacial score (nSPS) is 16.5. The highest BCUT2D eigenvalue weighted by Gasteiger charge is 2.09. The Morgan fingerprint density at radius 3 is 2.43 bits per heavy atom. The maximum atomic E-state index is 11.1. The third-order valence-electron chi connectivity index (χ3n) is 1.77. The number of aliphatic hydroxyl groups excluding tert-OH is 2. The summed E-state index contributed by atoms with van der Waals surface area (Å²) in [6.45, 7) is 3.44. The molecular formula is C10H19NO3. The Kier molecular flexibility index (Phi) is 6.36. The number of carbonyl (C=O) groups is 1. The van der Waals surface area contributed by atoms with Crippen LogP contribution in [0.4, 0.5) is 0 Å². The summed E-state index contributed by atoms with van der Waals surface area (Å²) in [7, 11) is 1.72. The van der Waals surface area contributed by atoms with Gasteiger partial charge >= 0.3 is 0 Å². The van der Waals surface area contributed by atoms with Crippen molar-refractivity contribution in [1.29, 1.82) is 0 Å². The summed E-state index contributed by atoms with van der Waals surface area (Å²) in [5.41, 5.74) is 0.475. The topological polar surface area (TPSA) is 69.6 Å². The Morgan fingerprint density at radius 2 is 2.07 bits per heavy atom. The number of nitrogens with one attached hydrogen (secondary N) is 1. The molecule has 0 saturated carbocycles. The summed E-state index contributed by atoms with van der Waals surface area (Å²) in [4.78, 5) is 11.1. The highest BCUT2D eigenvalue weighted by Crippen LogP contribution is 2.07.